The number of carbonyl (C=O) groups is 1. The SMILES string of the molecule is Cc1nonc1Cn1cc2c(c1)C(=O)CCC2. The van der Waals surface area contributed by atoms with Gasteiger partial charge >= 0.3 is 0 Å². The van der Waals surface area contributed by atoms with E-state index in [0.717, 1.165) is 35.4 Å². The fraction of sp³-hybridized carbons (Fsp3) is 0.417. The molecule has 0 unspecified atom stereocenters. The van der Waals surface area contributed by atoms with Crippen molar-refractivity contribution in [3.8, 4) is 0 Å². The minimum atomic E-state index is 0.250. The molecule has 0 spiro atoms. The third-order valence-corrected chi connectivity index (χ3v) is 3.19. The summed E-state index contributed by atoms with van der Waals surface area (Å²) < 4.78 is 6.65. The Balaban J connectivity index is 1.90. The van der Waals surface area contributed by atoms with Gasteiger partial charge < -0.3 is 4.57 Å². The lowest BCUT2D eigenvalue weighted by Gasteiger charge is -2.07. The molecule has 1 aliphatic carbocycles. The van der Waals surface area contributed by atoms with Crippen LogP contribution in [-0.2, 0) is 13.0 Å². The van der Waals surface area contributed by atoms with E-state index < -0.39 is 0 Å². The predicted molar refractivity (Wildman–Crippen MR) is 59.8 cm³/mol. The molecule has 2 aromatic rings. The highest BCUT2D eigenvalue weighted by Crippen LogP contribution is 2.22. The molecule has 17 heavy (non-hydrogen) atoms. The van der Waals surface area contributed by atoms with Crippen LogP contribution in [-0.4, -0.2) is 20.7 Å². The van der Waals surface area contributed by atoms with Gasteiger partial charge in [0.15, 0.2) is 5.78 Å². The van der Waals surface area contributed by atoms with Gasteiger partial charge in [0.2, 0.25) is 0 Å². The van der Waals surface area contributed by atoms with Gasteiger partial charge in [0, 0.05) is 24.4 Å². The molecule has 0 saturated heterocycles. The molecule has 0 radical (unpaired) electrons. The second-order valence-corrected chi connectivity index (χ2v) is 4.44. The van der Waals surface area contributed by atoms with E-state index in [1.807, 2.05) is 23.9 Å². The summed E-state index contributed by atoms with van der Waals surface area (Å²) in [7, 11) is 0. The maximum Gasteiger partial charge on any atom is 0.164 e. The minimum Gasteiger partial charge on any atom is -0.347 e. The van der Waals surface area contributed by atoms with E-state index >= 15 is 0 Å². The Morgan fingerprint density at radius 3 is 2.94 bits per heavy atom. The number of carbonyl (C=O) groups excluding carboxylic acids is 1. The second kappa shape index (κ2) is 3.84. The van der Waals surface area contributed by atoms with E-state index in [0.29, 0.717) is 13.0 Å². The van der Waals surface area contributed by atoms with Crippen LogP contribution in [0.3, 0.4) is 0 Å². The molecule has 0 saturated carbocycles. The van der Waals surface area contributed by atoms with Gasteiger partial charge in [-0.05, 0) is 25.3 Å². The van der Waals surface area contributed by atoms with E-state index in [-0.39, 0.29) is 5.78 Å². The standard InChI is InChI=1S/C12H13N3O2/c1-8-11(14-17-13-8)7-15-5-9-3-2-4-12(16)10(9)6-15/h5-6H,2-4,7H2,1H3. The molecule has 2 heterocycles. The summed E-state index contributed by atoms with van der Waals surface area (Å²) in [6.07, 6.45) is 6.55. The number of ketones is 1. The topological polar surface area (TPSA) is 60.9 Å². The van der Waals surface area contributed by atoms with Crippen LogP contribution >= 0.6 is 0 Å². The van der Waals surface area contributed by atoms with Crippen LogP contribution in [0, 0.1) is 6.92 Å². The molecule has 0 N–H and O–H groups in total. The highest BCUT2D eigenvalue weighted by atomic mass is 16.6. The number of hydrogen-bond donors (Lipinski definition) is 0. The lowest BCUT2D eigenvalue weighted by atomic mass is 9.95. The highest BCUT2D eigenvalue weighted by Gasteiger charge is 2.19. The Labute approximate surface area is 98.4 Å². The van der Waals surface area contributed by atoms with Crippen LogP contribution in [0.2, 0.25) is 0 Å². The summed E-state index contributed by atoms with van der Waals surface area (Å²) in [5.41, 5.74) is 3.62. The normalized spacial score (nSPS) is 15.0. The average molecular weight is 231 g/mol. The molecule has 0 atom stereocenters. The maximum atomic E-state index is 11.7. The minimum absolute atomic E-state index is 0.250. The van der Waals surface area contributed by atoms with Crippen LogP contribution < -0.4 is 0 Å². The number of Topliss-reactive ketones (excluding diaryl/α,β-unsaturated/α-hetero) is 1. The predicted octanol–water partition coefficient (Wildman–Crippen LogP) is 1.75. The zero-order valence-electron chi connectivity index (χ0n) is 9.64. The Kier molecular flexibility index (Phi) is 2.31. The molecule has 0 aromatic carbocycles. The van der Waals surface area contributed by atoms with E-state index in [1.54, 1.807) is 0 Å². The molecule has 0 fully saturated rings. The molecule has 3 rings (SSSR count). The zero-order valence-corrected chi connectivity index (χ0v) is 9.64. The van der Waals surface area contributed by atoms with Crippen molar-refractivity contribution in [1.29, 1.82) is 0 Å². The number of aryl methyl sites for hydroxylation is 2. The number of nitrogens with zero attached hydrogens (tertiary/aromatic N) is 3. The molecule has 0 aliphatic heterocycles. The van der Waals surface area contributed by atoms with Crippen molar-refractivity contribution in [3.63, 3.8) is 0 Å². The molecule has 88 valence electrons. The first-order chi connectivity index (χ1) is 8.24. The Morgan fingerprint density at radius 1 is 1.35 bits per heavy atom. The smallest absolute Gasteiger partial charge is 0.164 e. The van der Waals surface area contributed by atoms with Gasteiger partial charge in [-0.15, -0.1) is 0 Å². The van der Waals surface area contributed by atoms with Crippen molar-refractivity contribution in [2.24, 2.45) is 0 Å². The lowest BCUT2D eigenvalue weighted by Crippen LogP contribution is -2.07. The summed E-state index contributed by atoms with van der Waals surface area (Å²) in [5, 5.41) is 7.59. The lowest BCUT2D eigenvalue weighted by molar-refractivity contribution is 0.0973. The fourth-order valence-electron chi connectivity index (χ4n) is 2.24. The van der Waals surface area contributed by atoms with Crippen LogP contribution in [0.15, 0.2) is 17.0 Å². The van der Waals surface area contributed by atoms with Crippen molar-refractivity contribution in [2.75, 3.05) is 0 Å². The summed E-state index contributed by atoms with van der Waals surface area (Å²) in [6.45, 7) is 2.47. The summed E-state index contributed by atoms with van der Waals surface area (Å²) in [4.78, 5) is 11.7. The molecule has 2 aromatic heterocycles. The van der Waals surface area contributed by atoms with Crippen molar-refractivity contribution in [3.05, 3.63) is 34.9 Å². The van der Waals surface area contributed by atoms with Crippen LogP contribution in [0.25, 0.3) is 0 Å². The van der Waals surface area contributed by atoms with E-state index in [1.165, 1.54) is 0 Å². The number of aromatic nitrogens is 3. The average Bonchev–Trinajstić information content (AvgIpc) is 2.87. The Bertz CT molecular complexity index is 568. The van der Waals surface area contributed by atoms with E-state index in [2.05, 4.69) is 14.9 Å². The van der Waals surface area contributed by atoms with Gasteiger partial charge in [-0.1, -0.05) is 10.3 Å². The molecule has 0 amide bonds. The third-order valence-electron chi connectivity index (χ3n) is 3.19. The van der Waals surface area contributed by atoms with Gasteiger partial charge in [-0.25, -0.2) is 4.63 Å². The first-order valence-electron chi connectivity index (χ1n) is 5.74. The van der Waals surface area contributed by atoms with E-state index in [4.69, 9.17) is 0 Å². The first kappa shape index (κ1) is 10.3. The zero-order chi connectivity index (χ0) is 11.8. The van der Waals surface area contributed by atoms with Crippen molar-refractivity contribution >= 4 is 5.78 Å². The first-order valence-corrected chi connectivity index (χ1v) is 5.74. The van der Waals surface area contributed by atoms with E-state index in [9.17, 15) is 4.79 Å². The van der Waals surface area contributed by atoms with Crippen molar-refractivity contribution < 1.29 is 9.42 Å². The van der Waals surface area contributed by atoms with Crippen molar-refractivity contribution in [1.82, 2.24) is 14.9 Å². The number of rotatable bonds is 2. The summed E-state index contributed by atoms with van der Waals surface area (Å²) in [5.74, 6) is 0.250. The number of fused-ring (bicyclic) bond motifs is 1. The third kappa shape index (κ3) is 1.77. The molecule has 5 nitrogen and oxygen atoms in total. The maximum absolute atomic E-state index is 11.7. The Hall–Kier alpha value is -1.91. The van der Waals surface area contributed by atoms with Crippen LogP contribution in [0.4, 0.5) is 0 Å². The largest absolute Gasteiger partial charge is 0.347 e. The quantitative estimate of drug-likeness (QED) is 0.790. The van der Waals surface area contributed by atoms with Crippen molar-refractivity contribution in [2.45, 2.75) is 32.7 Å². The molecular weight excluding hydrogens is 218 g/mol. The molecule has 5 heteroatoms. The van der Waals surface area contributed by atoms with Gasteiger partial charge in [-0.2, -0.15) is 0 Å². The molecule has 1 aliphatic rings. The van der Waals surface area contributed by atoms with Gasteiger partial charge in [-0.3, -0.25) is 4.79 Å². The second-order valence-electron chi connectivity index (χ2n) is 4.44. The molecular formula is C12H13N3O2. The monoisotopic (exact) mass is 231 g/mol. The van der Waals surface area contributed by atoms with Gasteiger partial charge in [0.1, 0.15) is 11.4 Å². The fourth-order valence-corrected chi connectivity index (χ4v) is 2.24. The molecule has 0 bridgehead atoms. The summed E-state index contributed by atoms with van der Waals surface area (Å²) >= 11 is 0. The highest BCUT2D eigenvalue weighted by molar-refractivity contribution is 5.98. The van der Waals surface area contributed by atoms with Crippen LogP contribution in [0.1, 0.15) is 40.2 Å². The Morgan fingerprint density at radius 2 is 2.24 bits per heavy atom. The van der Waals surface area contributed by atoms with Gasteiger partial charge in [0.05, 0.1) is 6.54 Å². The van der Waals surface area contributed by atoms with Crippen LogP contribution in [0.5, 0.6) is 0 Å². The van der Waals surface area contributed by atoms with Gasteiger partial charge in [0.25, 0.3) is 0 Å². The summed E-state index contributed by atoms with van der Waals surface area (Å²) in [6, 6.07) is 0. The number of hydrogen-bond acceptors (Lipinski definition) is 4.